The number of ether oxygens (including phenoxy) is 2. The van der Waals surface area contributed by atoms with Crippen molar-refractivity contribution in [2.24, 2.45) is 0 Å². The fraction of sp³-hybridized carbons (Fsp3) is 0.875. The van der Waals surface area contributed by atoms with Crippen molar-refractivity contribution >= 4 is 6.03 Å². The lowest BCUT2D eigenvalue weighted by atomic mass is 10.3. The number of hydrogen-bond acceptors (Lipinski definition) is 3. The summed E-state index contributed by atoms with van der Waals surface area (Å²) < 4.78 is 10.1. The zero-order valence-corrected chi connectivity index (χ0v) is 7.49. The monoisotopic (exact) mass is 186 g/mol. The van der Waals surface area contributed by atoms with E-state index in [2.05, 4.69) is 5.32 Å². The Morgan fingerprint density at radius 2 is 1.92 bits per heavy atom. The predicted molar refractivity (Wildman–Crippen MR) is 45.5 cm³/mol. The minimum absolute atomic E-state index is 0.0107. The summed E-state index contributed by atoms with van der Waals surface area (Å²) in [5.41, 5.74) is 0. The number of carbonyl (C=O) groups is 1. The molecular formula is C8H14N2O3. The molecule has 2 fully saturated rings. The predicted octanol–water partition coefficient (Wildman–Crippen LogP) is -0.573. The molecule has 2 saturated heterocycles. The van der Waals surface area contributed by atoms with E-state index in [4.69, 9.17) is 9.47 Å². The molecule has 0 spiro atoms. The second-order valence-corrected chi connectivity index (χ2v) is 3.28. The molecule has 0 aromatic carbocycles. The molecule has 2 heterocycles. The Kier molecular flexibility index (Phi) is 2.65. The maximum atomic E-state index is 11.5. The summed E-state index contributed by atoms with van der Waals surface area (Å²) in [6.45, 7) is 3.98. The van der Waals surface area contributed by atoms with Gasteiger partial charge >= 0.3 is 6.03 Å². The van der Waals surface area contributed by atoms with E-state index in [9.17, 15) is 4.79 Å². The van der Waals surface area contributed by atoms with Crippen LogP contribution < -0.4 is 5.32 Å². The van der Waals surface area contributed by atoms with Crippen LogP contribution >= 0.6 is 0 Å². The molecule has 0 bridgehead atoms. The van der Waals surface area contributed by atoms with Gasteiger partial charge in [0, 0.05) is 13.1 Å². The molecule has 13 heavy (non-hydrogen) atoms. The van der Waals surface area contributed by atoms with Crippen molar-refractivity contribution < 1.29 is 14.3 Å². The molecule has 2 rings (SSSR count). The number of rotatable bonds is 1. The van der Waals surface area contributed by atoms with E-state index >= 15 is 0 Å². The van der Waals surface area contributed by atoms with Gasteiger partial charge in [0.25, 0.3) is 0 Å². The van der Waals surface area contributed by atoms with Gasteiger partial charge in [-0.1, -0.05) is 0 Å². The standard InChI is InChI=1S/C8H14N2O3/c11-8(9-7-5-13-6-7)10-1-3-12-4-2-10/h7H,1-6H2,(H,9,11). The summed E-state index contributed by atoms with van der Waals surface area (Å²) in [4.78, 5) is 13.3. The van der Waals surface area contributed by atoms with Crippen LogP contribution in [-0.4, -0.2) is 56.5 Å². The van der Waals surface area contributed by atoms with Crippen LogP contribution in [0.1, 0.15) is 0 Å². The SMILES string of the molecule is O=C(NC1COC1)N1CCOCC1. The first-order valence-corrected chi connectivity index (χ1v) is 4.57. The fourth-order valence-electron chi connectivity index (χ4n) is 1.35. The molecule has 0 aliphatic carbocycles. The first-order valence-electron chi connectivity index (χ1n) is 4.57. The average molecular weight is 186 g/mol. The van der Waals surface area contributed by atoms with Crippen LogP contribution in [0.5, 0.6) is 0 Å². The second-order valence-electron chi connectivity index (χ2n) is 3.28. The summed E-state index contributed by atoms with van der Waals surface area (Å²) in [5, 5.41) is 2.89. The Hall–Kier alpha value is -0.810. The maximum absolute atomic E-state index is 11.5. The largest absolute Gasteiger partial charge is 0.378 e. The van der Waals surface area contributed by atoms with Gasteiger partial charge in [-0.2, -0.15) is 0 Å². The number of hydrogen-bond donors (Lipinski definition) is 1. The van der Waals surface area contributed by atoms with Gasteiger partial charge < -0.3 is 19.7 Å². The van der Waals surface area contributed by atoms with Gasteiger partial charge in [-0.15, -0.1) is 0 Å². The maximum Gasteiger partial charge on any atom is 0.317 e. The third-order valence-corrected chi connectivity index (χ3v) is 2.26. The molecule has 0 saturated carbocycles. The summed E-state index contributed by atoms with van der Waals surface area (Å²) in [5.74, 6) is 0. The third kappa shape index (κ3) is 2.10. The molecule has 2 amide bonds. The Balaban J connectivity index is 1.74. The molecule has 0 atom stereocenters. The fourth-order valence-corrected chi connectivity index (χ4v) is 1.35. The van der Waals surface area contributed by atoms with Crippen molar-refractivity contribution in [2.75, 3.05) is 39.5 Å². The lowest BCUT2D eigenvalue weighted by Crippen LogP contribution is -2.54. The topological polar surface area (TPSA) is 50.8 Å². The van der Waals surface area contributed by atoms with E-state index in [0.29, 0.717) is 39.5 Å². The van der Waals surface area contributed by atoms with Crippen LogP contribution in [0.4, 0.5) is 4.79 Å². The van der Waals surface area contributed by atoms with Crippen molar-refractivity contribution in [1.29, 1.82) is 0 Å². The lowest BCUT2D eigenvalue weighted by molar-refractivity contribution is -0.00536. The highest BCUT2D eigenvalue weighted by Crippen LogP contribution is 2.02. The summed E-state index contributed by atoms with van der Waals surface area (Å²) in [6.07, 6.45) is 0. The molecule has 2 aliphatic heterocycles. The van der Waals surface area contributed by atoms with E-state index in [1.54, 1.807) is 4.90 Å². The smallest absolute Gasteiger partial charge is 0.317 e. The molecule has 5 heteroatoms. The van der Waals surface area contributed by atoms with Gasteiger partial charge in [0.2, 0.25) is 0 Å². The normalized spacial score (nSPS) is 23.8. The van der Waals surface area contributed by atoms with Crippen LogP contribution in [0, 0.1) is 0 Å². The zero-order valence-electron chi connectivity index (χ0n) is 7.49. The minimum Gasteiger partial charge on any atom is -0.378 e. The van der Waals surface area contributed by atoms with Crippen molar-refractivity contribution in [3.8, 4) is 0 Å². The van der Waals surface area contributed by atoms with Crippen molar-refractivity contribution in [1.82, 2.24) is 10.2 Å². The Bertz CT molecular complexity index is 188. The van der Waals surface area contributed by atoms with E-state index < -0.39 is 0 Å². The number of carbonyl (C=O) groups excluding carboxylic acids is 1. The zero-order chi connectivity index (χ0) is 9.10. The highest BCUT2D eigenvalue weighted by Gasteiger charge is 2.24. The van der Waals surface area contributed by atoms with E-state index in [1.807, 2.05) is 0 Å². The number of nitrogens with one attached hydrogen (secondary N) is 1. The van der Waals surface area contributed by atoms with Crippen molar-refractivity contribution in [2.45, 2.75) is 6.04 Å². The van der Waals surface area contributed by atoms with Gasteiger partial charge in [0.05, 0.1) is 32.5 Å². The Labute approximate surface area is 77.0 Å². The second kappa shape index (κ2) is 3.93. The molecule has 5 nitrogen and oxygen atoms in total. The van der Waals surface area contributed by atoms with Crippen LogP contribution in [0.25, 0.3) is 0 Å². The van der Waals surface area contributed by atoms with E-state index in [0.717, 1.165) is 0 Å². The van der Waals surface area contributed by atoms with Crippen LogP contribution in [0.2, 0.25) is 0 Å². The number of urea groups is 1. The van der Waals surface area contributed by atoms with E-state index in [-0.39, 0.29) is 12.1 Å². The first kappa shape index (κ1) is 8.77. The van der Waals surface area contributed by atoms with Crippen LogP contribution in [0.3, 0.4) is 0 Å². The quantitative estimate of drug-likeness (QED) is 0.596. The highest BCUT2D eigenvalue weighted by atomic mass is 16.5. The molecule has 0 unspecified atom stereocenters. The first-order chi connectivity index (χ1) is 6.36. The van der Waals surface area contributed by atoms with Gasteiger partial charge in [-0.05, 0) is 0 Å². The molecular weight excluding hydrogens is 172 g/mol. The number of nitrogens with zero attached hydrogens (tertiary/aromatic N) is 1. The van der Waals surface area contributed by atoms with Gasteiger partial charge in [0.1, 0.15) is 0 Å². The molecule has 2 aliphatic rings. The number of morpholine rings is 1. The molecule has 0 aromatic heterocycles. The molecule has 0 radical (unpaired) electrons. The number of amides is 2. The van der Waals surface area contributed by atoms with Crippen LogP contribution in [0.15, 0.2) is 0 Å². The Morgan fingerprint density at radius 1 is 1.23 bits per heavy atom. The average Bonchev–Trinajstić information content (AvgIpc) is 2.12. The van der Waals surface area contributed by atoms with Crippen LogP contribution in [-0.2, 0) is 9.47 Å². The molecule has 74 valence electrons. The summed E-state index contributed by atoms with van der Waals surface area (Å²) in [6, 6.07) is 0.229. The summed E-state index contributed by atoms with van der Waals surface area (Å²) in [7, 11) is 0. The lowest BCUT2D eigenvalue weighted by Gasteiger charge is -2.32. The molecule has 1 N–H and O–H groups in total. The van der Waals surface area contributed by atoms with Crippen molar-refractivity contribution in [3.05, 3.63) is 0 Å². The van der Waals surface area contributed by atoms with Gasteiger partial charge in [0.15, 0.2) is 0 Å². The minimum atomic E-state index is 0.0107. The van der Waals surface area contributed by atoms with Gasteiger partial charge in [-0.25, -0.2) is 4.79 Å². The Morgan fingerprint density at radius 3 is 2.46 bits per heavy atom. The summed E-state index contributed by atoms with van der Waals surface area (Å²) >= 11 is 0. The van der Waals surface area contributed by atoms with Crippen molar-refractivity contribution in [3.63, 3.8) is 0 Å². The van der Waals surface area contributed by atoms with E-state index in [1.165, 1.54) is 0 Å². The highest BCUT2D eigenvalue weighted by molar-refractivity contribution is 5.74. The molecule has 0 aromatic rings. The third-order valence-electron chi connectivity index (χ3n) is 2.26. The van der Waals surface area contributed by atoms with Gasteiger partial charge in [-0.3, -0.25) is 0 Å².